The lowest BCUT2D eigenvalue weighted by Crippen LogP contribution is -2.34. The van der Waals surface area contributed by atoms with Gasteiger partial charge in [0.1, 0.15) is 16.9 Å². The van der Waals surface area contributed by atoms with Crippen LogP contribution in [-0.2, 0) is 11.3 Å². The largest absolute Gasteiger partial charge is 0.444 e. The summed E-state index contributed by atoms with van der Waals surface area (Å²) in [4.78, 5) is 18.0. The number of nitrogens with zero attached hydrogens (tertiary/aromatic N) is 5. The molecule has 172 valence electrons. The molecule has 0 fully saturated rings. The number of rotatable bonds is 5. The number of hydrogen-bond donors (Lipinski definition) is 2. The molecule has 1 amide bonds. The molecule has 0 spiro atoms. The number of fused-ring (bicyclic) bond motifs is 1. The number of aromatic nitrogens is 3. The van der Waals surface area contributed by atoms with Crippen LogP contribution < -0.4 is 11.1 Å². The minimum absolute atomic E-state index is 0.164. The fourth-order valence-electron chi connectivity index (χ4n) is 3.26. The first-order valence-corrected chi connectivity index (χ1v) is 10.6. The van der Waals surface area contributed by atoms with Gasteiger partial charge in [-0.25, -0.2) is 9.78 Å². The molecule has 33 heavy (non-hydrogen) atoms. The van der Waals surface area contributed by atoms with Crippen LogP contribution in [0.15, 0.2) is 30.5 Å². The third kappa shape index (κ3) is 5.66. The molecule has 9 nitrogen and oxygen atoms in total. The van der Waals surface area contributed by atoms with E-state index in [2.05, 4.69) is 26.6 Å². The molecule has 3 aromatic rings. The molecule has 0 unspecified atom stereocenters. The summed E-state index contributed by atoms with van der Waals surface area (Å²) in [5.41, 5.74) is 8.41. The molecular formula is C23H26ClN7O2. The Kier molecular flexibility index (Phi) is 7.01. The van der Waals surface area contributed by atoms with Crippen molar-refractivity contribution in [2.75, 3.05) is 12.4 Å². The number of amides is 1. The van der Waals surface area contributed by atoms with E-state index in [1.54, 1.807) is 52.2 Å². The van der Waals surface area contributed by atoms with Gasteiger partial charge < -0.3 is 20.7 Å². The lowest BCUT2D eigenvalue weighted by Gasteiger charge is -2.24. The molecule has 1 atom stereocenters. The highest BCUT2D eigenvalue weighted by molar-refractivity contribution is 6.30. The fraction of sp³-hybridized carbons (Fsp3) is 0.348. The van der Waals surface area contributed by atoms with Crippen LogP contribution >= 0.6 is 11.6 Å². The molecule has 0 bridgehead atoms. The zero-order valence-electron chi connectivity index (χ0n) is 19.2. The van der Waals surface area contributed by atoms with E-state index in [1.165, 1.54) is 4.90 Å². The maximum Gasteiger partial charge on any atom is 0.410 e. The summed E-state index contributed by atoms with van der Waals surface area (Å²) >= 11 is 6.15. The summed E-state index contributed by atoms with van der Waals surface area (Å²) in [6, 6.07) is 9.19. The van der Waals surface area contributed by atoms with Gasteiger partial charge in [0, 0.05) is 24.0 Å². The number of ether oxygens (including phenoxy) is 1. The maximum absolute atomic E-state index is 12.4. The highest BCUT2D eigenvalue weighted by Crippen LogP contribution is 2.28. The SMILES string of the molecule is Cc1c(C#N)cccc1[C@@H](N)Nc1nnc(CN(C)C(=O)OC(C)(C)C)c2cnc(Cl)cc12. The van der Waals surface area contributed by atoms with Gasteiger partial charge in [-0.2, -0.15) is 10.4 Å². The van der Waals surface area contributed by atoms with Crippen LogP contribution in [0.2, 0.25) is 5.15 Å². The molecule has 3 rings (SSSR count). The van der Waals surface area contributed by atoms with E-state index in [1.807, 2.05) is 13.0 Å². The van der Waals surface area contributed by atoms with Crippen molar-refractivity contribution < 1.29 is 9.53 Å². The minimum atomic E-state index is -0.641. The predicted octanol–water partition coefficient (Wildman–Crippen LogP) is 4.29. The van der Waals surface area contributed by atoms with Crippen LogP contribution in [0.5, 0.6) is 0 Å². The van der Waals surface area contributed by atoms with Gasteiger partial charge in [0.25, 0.3) is 0 Å². The van der Waals surface area contributed by atoms with Gasteiger partial charge >= 0.3 is 6.09 Å². The number of pyridine rings is 1. The normalized spacial score (nSPS) is 12.2. The molecule has 0 saturated carbocycles. The molecule has 2 aromatic heterocycles. The smallest absolute Gasteiger partial charge is 0.410 e. The molecule has 10 heteroatoms. The van der Waals surface area contributed by atoms with Crippen molar-refractivity contribution in [3.05, 3.63) is 58.0 Å². The van der Waals surface area contributed by atoms with Crippen molar-refractivity contribution in [3.8, 4) is 6.07 Å². The highest BCUT2D eigenvalue weighted by atomic mass is 35.5. The third-order valence-electron chi connectivity index (χ3n) is 4.92. The third-order valence-corrected chi connectivity index (χ3v) is 5.13. The number of carbonyl (C=O) groups excluding carboxylic acids is 1. The maximum atomic E-state index is 12.4. The first-order valence-electron chi connectivity index (χ1n) is 10.3. The zero-order valence-corrected chi connectivity index (χ0v) is 19.9. The minimum Gasteiger partial charge on any atom is -0.444 e. The van der Waals surface area contributed by atoms with Crippen LogP contribution in [-0.4, -0.2) is 38.8 Å². The predicted molar refractivity (Wildman–Crippen MR) is 126 cm³/mol. The molecular weight excluding hydrogens is 442 g/mol. The lowest BCUT2D eigenvalue weighted by molar-refractivity contribution is 0.0283. The van der Waals surface area contributed by atoms with Crippen molar-refractivity contribution in [3.63, 3.8) is 0 Å². The second kappa shape index (κ2) is 9.57. The highest BCUT2D eigenvalue weighted by Gasteiger charge is 2.22. The Balaban J connectivity index is 1.93. The van der Waals surface area contributed by atoms with Crippen molar-refractivity contribution in [2.45, 2.75) is 46.0 Å². The van der Waals surface area contributed by atoms with Gasteiger partial charge in [-0.15, -0.1) is 5.10 Å². The number of halogens is 1. The van der Waals surface area contributed by atoms with Crippen molar-refractivity contribution in [2.24, 2.45) is 5.73 Å². The topological polar surface area (TPSA) is 130 Å². The second-order valence-electron chi connectivity index (χ2n) is 8.64. The first kappa shape index (κ1) is 24.2. The summed E-state index contributed by atoms with van der Waals surface area (Å²) in [5.74, 6) is 0.409. The van der Waals surface area contributed by atoms with Crippen molar-refractivity contribution in [1.29, 1.82) is 5.26 Å². The average molecular weight is 468 g/mol. The molecule has 3 N–H and O–H groups in total. The van der Waals surface area contributed by atoms with Gasteiger partial charge in [-0.1, -0.05) is 23.7 Å². The van der Waals surface area contributed by atoms with Crippen LogP contribution in [0.3, 0.4) is 0 Å². The molecule has 0 aliphatic heterocycles. The summed E-state index contributed by atoms with van der Waals surface area (Å²) in [5, 5.41) is 22.7. The second-order valence-corrected chi connectivity index (χ2v) is 9.03. The fourth-order valence-corrected chi connectivity index (χ4v) is 3.42. The number of anilines is 1. The molecule has 1 aromatic carbocycles. The summed E-state index contributed by atoms with van der Waals surface area (Å²) in [6.07, 6.45) is 0.470. The van der Waals surface area contributed by atoms with E-state index in [0.29, 0.717) is 27.8 Å². The van der Waals surface area contributed by atoms with Crippen LogP contribution in [0.1, 0.15) is 49.3 Å². The first-order chi connectivity index (χ1) is 15.5. The molecule has 0 aliphatic rings. The number of nitriles is 1. The van der Waals surface area contributed by atoms with Crippen LogP contribution in [0, 0.1) is 18.3 Å². The number of carbonyl (C=O) groups is 1. The number of nitrogens with one attached hydrogen (secondary N) is 1. The Morgan fingerprint density at radius 1 is 1.33 bits per heavy atom. The average Bonchev–Trinajstić information content (AvgIpc) is 2.74. The van der Waals surface area contributed by atoms with E-state index in [4.69, 9.17) is 22.1 Å². The summed E-state index contributed by atoms with van der Waals surface area (Å²) in [7, 11) is 1.62. The van der Waals surface area contributed by atoms with Gasteiger partial charge in [0.2, 0.25) is 0 Å². The van der Waals surface area contributed by atoms with E-state index < -0.39 is 17.9 Å². The van der Waals surface area contributed by atoms with E-state index in [-0.39, 0.29) is 11.7 Å². The van der Waals surface area contributed by atoms with E-state index in [9.17, 15) is 10.1 Å². The Bertz CT molecular complexity index is 1230. The van der Waals surface area contributed by atoms with E-state index in [0.717, 1.165) is 11.1 Å². The van der Waals surface area contributed by atoms with Gasteiger partial charge in [0.05, 0.1) is 23.9 Å². The van der Waals surface area contributed by atoms with Gasteiger partial charge in [-0.3, -0.25) is 0 Å². The quantitative estimate of drug-likeness (QED) is 0.419. The lowest BCUT2D eigenvalue weighted by atomic mass is 10.0. The van der Waals surface area contributed by atoms with E-state index >= 15 is 0 Å². The standard InChI is InChI=1S/C23H26ClN7O2/c1-13-14(10-25)7-6-8-15(13)20(26)28-21-16-9-19(24)27-11-17(16)18(29-30-21)12-31(5)22(32)33-23(2,3)4/h6-9,11,20H,12,26H2,1-5H3,(H,28,30)/t20-/m0/s1. The van der Waals surface area contributed by atoms with Gasteiger partial charge in [-0.05, 0) is 51.0 Å². The van der Waals surface area contributed by atoms with Gasteiger partial charge in [0.15, 0.2) is 5.82 Å². The number of nitrogens with two attached hydrogens (primary N) is 1. The molecule has 0 radical (unpaired) electrons. The monoisotopic (exact) mass is 467 g/mol. The Morgan fingerprint density at radius 2 is 2.06 bits per heavy atom. The zero-order chi connectivity index (χ0) is 24.3. The number of hydrogen-bond acceptors (Lipinski definition) is 8. The Labute approximate surface area is 197 Å². The van der Waals surface area contributed by atoms with Crippen LogP contribution in [0.4, 0.5) is 10.6 Å². The number of benzene rings is 1. The van der Waals surface area contributed by atoms with Crippen LogP contribution in [0.25, 0.3) is 10.8 Å². The van der Waals surface area contributed by atoms with Crippen molar-refractivity contribution in [1.82, 2.24) is 20.1 Å². The molecule has 0 aliphatic carbocycles. The molecule has 2 heterocycles. The summed E-state index contributed by atoms with van der Waals surface area (Å²) < 4.78 is 5.41. The summed E-state index contributed by atoms with van der Waals surface area (Å²) in [6.45, 7) is 7.42. The van der Waals surface area contributed by atoms with Crippen molar-refractivity contribution >= 4 is 34.3 Å². The Hall–Kier alpha value is -3.48. The Morgan fingerprint density at radius 3 is 2.73 bits per heavy atom. The molecule has 0 saturated heterocycles.